The Labute approximate surface area is 106 Å². The maximum Gasteiger partial charge on any atom is 0.175 e. The molecule has 3 nitrogen and oxygen atoms in total. The molecule has 0 heterocycles. The summed E-state index contributed by atoms with van der Waals surface area (Å²) in [6.07, 6.45) is 3.95. The van der Waals surface area contributed by atoms with E-state index >= 15 is 0 Å². The Hall–Kier alpha value is -0.520. The molecule has 0 radical (unpaired) electrons. The number of sulfone groups is 1. The van der Waals surface area contributed by atoms with Crippen LogP contribution in [-0.4, -0.2) is 31.1 Å². The minimum Gasteiger partial charge on any atom is -0.392 e. The molecule has 0 bridgehead atoms. The standard InChI is InChI=1S/C12H16O3S2/c1-17(14,15)10-7-5-9(6-8-10)16-12-4-2-3-11(12)13/h5-8,11-13H,2-4H2,1H3/t11-,12-/m0/s1. The fourth-order valence-electron chi connectivity index (χ4n) is 1.98. The Morgan fingerprint density at radius 1 is 1.24 bits per heavy atom. The molecule has 1 N–H and O–H groups in total. The third kappa shape index (κ3) is 3.24. The lowest BCUT2D eigenvalue weighted by atomic mass is 10.3. The predicted octanol–water partition coefficient (Wildman–Crippen LogP) is 2.10. The van der Waals surface area contributed by atoms with Crippen LogP contribution in [0.5, 0.6) is 0 Å². The van der Waals surface area contributed by atoms with Crippen LogP contribution in [0.4, 0.5) is 0 Å². The summed E-state index contributed by atoms with van der Waals surface area (Å²) in [5.41, 5.74) is 0. The molecule has 2 atom stereocenters. The van der Waals surface area contributed by atoms with Gasteiger partial charge in [0.2, 0.25) is 0 Å². The number of hydrogen-bond acceptors (Lipinski definition) is 4. The maximum atomic E-state index is 11.3. The number of rotatable bonds is 3. The summed E-state index contributed by atoms with van der Waals surface area (Å²) in [5, 5.41) is 9.97. The van der Waals surface area contributed by atoms with E-state index in [9.17, 15) is 13.5 Å². The molecular formula is C12H16O3S2. The van der Waals surface area contributed by atoms with Crippen LogP contribution < -0.4 is 0 Å². The van der Waals surface area contributed by atoms with Crippen molar-refractivity contribution in [3.05, 3.63) is 24.3 Å². The van der Waals surface area contributed by atoms with E-state index < -0.39 is 9.84 Å². The van der Waals surface area contributed by atoms with Crippen LogP contribution in [-0.2, 0) is 9.84 Å². The van der Waals surface area contributed by atoms with Gasteiger partial charge in [0.05, 0.1) is 11.0 Å². The fourth-order valence-corrected chi connectivity index (χ4v) is 3.84. The first-order chi connectivity index (χ1) is 7.97. The van der Waals surface area contributed by atoms with Crippen LogP contribution in [0, 0.1) is 0 Å². The van der Waals surface area contributed by atoms with Crippen LogP contribution in [0.15, 0.2) is 34.1 Å². The van der Waals surface area contributed by atoms with Crippen LogP contribution in [0.1, 0.15) is 19.3 Å². The van der Waals surface area contributed by atoms with Crippen molar-refractivity contribution in [3.63, 3.8) is 0 Å². The highest BCUT2D eigenvalue weighted by atomic mass is 32.2. The normalized spacial score (nSPS) is 25.1. The maximum absolute atomic E-state index is 11.3. The van der Waals surface area contributed by atoms with Crippen molar-refractivity contribution in [2.45, 2.75) is 40.4 Å². The molecule has 1 aliphatic carbocycles. The average molecular weight is 272 g/mol. The van der Waals surface area contributed by atoms with Gasteiger partial charge in [-0.15, -0.1) is 11.8 Å². The Bertz CT molecular complexity index is 479. The lowest BCUT2D eigenvalue weighted by Crippen LogP contribution is -2.14. The third-order valence-corrected chi connectivity index (χ3v) is 5.48. The van der Waals surface area contributed by atoms with E-state index in [1.165, 1.54) is 6.26 Å². The van der Waals surface area contributed by atoms with Crippen molar-refractivity contribution in [1.82, 2.24) is 0 Å². The van der Waals surface area contributed by atoms with Gasteiger partial charge in [0.1, 0.15) is 0 Å². The zero-order valence-electron chi connectivity index (χ0n) is 9.67. The minimum atomic E-state index is -3.12. The molecule has 1 aromatic carbocycles. The Balaban J connectivity index is 2.08. The number of thioether (sulfide) groups is 1. The van der Waals surface area contributed by atoms with Crippen molar-refractivity contribution in [3.8, 4) is 0 Å². The van der Waals surface area contributed by atoms with E-state index in [-0.39, 0.29) is 11.4 Å². The SMILES string of the molecule is CS(=O)(=O)c1ccc(S[C@H]2CCC[C@@H]2O)cc1. The molecule has 1 aliphatic rings. The van der Waals surface area contributed by atoms with Crippen LogP contribution in [0.3, 0.4) is 0 Å². The quantitative estimate of drug-likeness (QED) is 0.915. The molecule has 2 rings (SSSR count). The van der Waals surface area contributed by atoms with Gasteiger partial charge in [0.15, 0.2) is 9.84 Å². The second kappa shape index (κ2) is 5.00. The first kappa shape index (κ1) is 12.9. The second-order valence-corrected chi connectivity index (χ2v) is 7.73. The Kier molecular flexibility index (Phi) is 3.80. The van der Waals surface area contributed by atoms with Gasteiger partial charge in [0, 0.05) is 16.4 Å². The molecule has 0 unspecified atom stereocenters. The molecular weight excluding hydrogens is 256 g/mol. The molecule has 17 heavy (non-hydrogen) atoms. The van der Waals surface area contributed by atoms with Gasteiger partial charge in [-0.05, 0) is 43.5 Å². The number of aliphatic hydroxyl groups excluding tert-OH is 1. The molecule has 1 saturated carbocycles. The summed E-state index contributed by atoms with van der Waals surface area (Å²) in [5.74, 6) is 0. The fraction of sp³-hybridized carbons (Fsp3) is 0.500. The smallest absolute Gasteiger partial charge is 0.175 e. The zero-order valence-corrected chi connectivity index (χ0v) is 11.3. The van der Waals surface area contributed by atoms with Crippen LogP contribution >= 0.6 is 11.8 Å². The molecule has 0 spiro atoms. The van der Waals surface area contributed by atoms with Gasteiger partial charge < -0.3 is 5.11 Å². The highest BCUT2D eigenvalue weighted by Crippen LogP contribution is 2.35. The summed E-state index contributed by atoms with van der Waals surface area (Å²) >= 11 is 1.63. The summed E-state index contributed by atoms with van der Waals surface area (Å²) in [7, 11) is -3.12. The topological polar surface area (TPSA) is 54.4 Å². The van der Waals surface area contributed by atoms with Gasteiger partial charge >= 0.3 is 0 Å². The molecule has 1 fully saturated rings. The Morgan fingerprint density at radius 3 is 2.35 bits per heavy atom. The van der Waals surface area contributed by atoms with Gasteiger partial charge in [-0.3, -0.25) is 0 Å². The number of aliphatic hydroxyl groups is 1. The summed E-state index contributed by atoms with van der Waals surface area (Å²) in [4.78, 5) is 1.36. The van der Waals surface area contributed by atoms with E-state index in [1.807, 2.05) is 12.1 Å². The number of benzene rings is 1. The van der Waals surface area contributed by atoms with Gasteiger partial charge in [0.25, 0.3) is 0 Å². The summed E-state index contributed by atoms with van der Waals surface area (Å²) in [6, 6.07) is 6.87. The van der Waals surface area contributed by atoms with Gasteiger partial charge in [-0.25, -0.2) is 8.42 Å². The van der Waals surface area contributed by atoms with Crippen molar-refractivity contribution in [1.29, 1.82) is 0 Å². The first-order valence-corrected chi connectivity index (χ1v) is 8.39. The lowest BCUT2D eigenvalue weighted by molar-refractivity contribution is 0.188. The van der Waals surface area contributed by atoms with Crippen molar-refractivity contribution in [2.75, 3.05) is 6.26 Å². The van der Waals surface area contributed by atoms with E-state index in [1.54, 1.807) is 23.9 Å². The highest BCUT2D eigenvalue weighted by molar-refractivity contribution is 8.00. The molecule has 94 valence electrons. The number of hydrogen-bond donors (Lipinski definition) is 1. The molecule has 1 aromatic rings. The largest absolute Gasteiger partial charge is 0.392 e. The Morgan fingerprint density at radius 2 is 1.88 bits per heavy atom. The van der Waals surface area contributed by atoms with E-state index in [0.717, 1.165) is 24.2 Å². The van der Waals surface area contributed by atoms with Crippen molar-refractivity contribution in [2.24, 2.45) is 0 Å². The summed E-state index contributed by atoms with van der Waals surface area (Å²) in [6.45, 7) is 0. The molecule has 0 saturated heterocycles. The monoisotopic (exact) mass is 272 g/mol. The molecule has 0 amide bonds. The van der Waals surface area contributed by atoms with Crippen molar-refractivity contribution < 1.29 is 13.5 Å². The summed E-state index contributed by atoms with van der Waals surface area (Å²) < 4.78 is 22.6. The third-order valence-electron chi connectivity index (χ3n) is 2.96. The first-order valence-electron chi connectivity index (χ1n) is 5.61. The second-order valence-electron chi connectivity index (χ2n) is 4.40. The van der Waals surface area contributed by atoms with Gasteiger partial charge in [-0.2, -0.15) is 0 Å². The molecule has 0 aromatic heterocycles. The van der Waals surface area contributed by atoms with Crippen LogP contribution in [0.2, 0.25) is 0 Å². The molecule has 0 aliphatic heterocycles. The van der Waals surface area contributed by atoms with E-state index in [4.69, 9.17) is 0 Å². The lowest BCUT2D eigenvalue weighted by Gasteiger charge is -2.13. The highest BCUT2D eigenvalue weighted by Gasteiger charge is 2.25. The van der Waals surface area contributed by atoms with E-state index in [2.05, 4.69) is 0 Å². The van der Waals surface area contributed by atoms with Crippen molar-refractivity contribution >= 4 is 21.6 Å². The average Bonchev–Trinajstić information content (AvgIpc) is 2.64. The predicted molar refractivity (Wildman–Crippen MR) is 69.1 cm³/mol. The van der Waals surface area contributed by atoms with Gasteiger partial charge in [-0.1, -0.05) is 0 Å². The molecule has 5 heteroatoms. The minimum absolute atomic E-state index is 0.227. The zero-order chi connectivity index (χ0) is 12.5. The van der Waals surface area contributed by atoms with Crippen LogP contribution in [0.25, 0.3) is 0 Å². The van der Waals surface area contributed by atoms with E-state index in [0.29, 0.717) is 4.90 Å².